The lowest BCUT2D eigenvalue weighted by Gasteiger charge is -2.14. The molecule has 0 atom stereocenters. The van der Waals surface area contributed by atoms with E-state index < -0.39 is 0 Å². The summed E-state index contributed by atoms with van der Waals surface area (Å²) in [6, 6.07) is 59.6. The van der Waals surface area contributed by atoms with Crippen LogP contribution in [-0.2, 0) is 0 Å². The minimum Gasteiger partial charge on any atom is -0.277 e. The van der Waals surface area contributed by atoms with Crippen LogP contribution in [0.2, 0.25) is 0 Å². The Bertz CT molecular complexity index is 4080. The Labute approximate surface area is 364 Å². The van der Waals surface area contributed by atoms with Crippen LogP contribution in [-0.4, -0.2) is 14.5 Å². The average Bonchev–Trinajstić information content (AvgIpc) is 4.00. The fourth-order valence-electron chi connectivity index (χ4n) is 9.98. The number of benzene rings is 9. The topological polar surface area (TPSA) is 30.7 Å². The second-order valence-corrected chi connectivity index (χ2v) is 18.1. The van der Waals surface area contributed by atoms with Crippen LogP contribution in [0.1, 0.15) is 17.4 Å². The highest BCUT2D eigenvalue weighted by molar-refractivity contribution is 7.26. The van der Waals surface area contributed by atoms with Crippen molar-refractivity contribution in [3.63, 3.8) is 0 Å². The first-order valence-electron chi connectivity index (χ1n) is 21.0. The molecule has 0 bridgehead atoms. The van der Waals surface area contributed by atoms with Gasteiger partial charge in [-0.1, -0.05) is 146 Å². The van der Waals surface area contributed by atoms with Gasteiger partial charge in [0.2, 0.25) is 5.95 Å². The molecule has 0 aliphatic rings. The summed E-state index contributed by atoms with van der Waals surface area (Å²) in [4.78, 5) is 12.3. The molecule has 0 amide bonds. The Morgan fingerprint density at radius 3 is 2.03 bits per heavy atom. The maximum Gasteiger partial charge on any atom is 0.235 e. The molecule has 62 heavy (non-hydrogen) atoms. The van der Waals surface area contributed by atoms with Crippen LogP contribution in [0.5, 0.6) is 0 Å². The summed E-state index contributed by atoms with van der Waals surface area (Å²) in [7, 11) is 0. The van der Waals surface area contributed by atoms with Gasteiger partial charge >= 0.3 is 0 Å². The van der Waals surface area contributed by atoms with Crippen molar-refractivity contribution < 1.29 is 0 Å². The number of allylic oxidation sites excluding steroid dienone is 1. The largest absolute Gasteiger partial charge is 0.277 e. The molecule has 13 aromatic rings. The number of hydrogen-bond acceptors (Lipinski definition) is 4. The maximum atomic E-state index is 5.62. The van der Waals surface area contributed by atoms with Gasteiger partial charge in [0, 0.05) is 73.2 Å². The lowest BCUT2D eigenvalue weighted by molar-refractivity contribution is 1.02. The zero-order valence-electron chi connectivity index (χ0n) is 33.7. The molecule has 290 valence electrons. The van der Waals surface area contributed by atoms with Crippen molar-refractivity contribution in [3.05, 3.63) is 187 Å². The van der Waals surface area contributed by atoms with Crippen molar-refractivity contribution in [2.24, 2.45) is 0 Å². The molecule has 13 rings (SSSR count). The third-order valence-electron chi connectivity index (χ3n) is 12.7. The molecule has 3 nitrogen and oxygen atoms in total. The van der Waals surface area contributed by atoms with Crippen LogP contribution in [0, 0.1) is 0 Å². The highest BCUT2D eigenvalue weighted by atomic mass is 32.1. The van der Waals surface area contributed by atoms with Crippen molar-refractivity contribution >= 4 is 130 Å². The minimum atomic E-state index is 0.644. The normalized spacial score (nSPS) is 12.3. The van der Waals surface area contributed by atoms with Gasteiger partial charge in [-0.3, -0.25) is 4.57 Å². The molecular formula is C57H35N3S2. The van der Waals surface area contributed by atoms with Gasteiger partial charge in [-0.15, -0.1) is 22.7 Å². The van der Waals surface area contributed by atoms with Crippen molar-refractivity contribution in [3.8, 4) is 28.3 Å². The Kier molecular flexibility index (Phi) is 7.71. The summed E-state index contributed by atoms with van der Waals surface area (Å²) in [6.07, 6.45) is 6.39. The zero-order valence-corrected chi connectivity index (χ0v) is 35.3. The highest BCUT2D eigenvalue weighted by Crippen LogP contribution is 2.49. The summed E-state index contributed by atoms with van der Waals surface area (Å²) in [6.45, 7) is 6.50. The van der Waals surface area contributed by atoms with E-state index in [4.69, 9.17) is 9.97 Å². The molecule has 0 aliphatic carbocycles. The number of para-hydroxylation sites is 1. The smallest absolute Gasteiger partial charge is 0.235 e. The second-order valence-electron chi connectivity index (χ2n) is 16.0. The molecule has 0 fully saturated rings. The molecule has 0 unspecified atom stereocenters. The van der Waals surface area contributed by atoms with Crippen LogP contribution in [0.15, 0.2) is 176 Å². The van der Waals surface area contributed by atoms with Crippen LogP contribution < -0.4 is 0 Å². The molecule has 0 saturated heterocycles. The average molecular weight is 826 g/mol. The predicted octanol–water partition coefficient (Wildman–Crippen LogP) is 16.8. The molecule has 4 aromatic heterocycles. The van der Waals surface area contributed by atoms with E-state index in [-0.39, 0.29) is 0 Å². The first kappa shape index (κ1) is 35.3. The Balaban J connectivity index is 1.17. The van der Waals surface area contributed by atoms with Gasteiger partial charge in [0.05, 0.1) is 22.2 Å². The van der Waals surface area contributed by atoms with E-state index in [0.29, 0.717) is 5.95 Å². The molecule has 4 heterocycles. The lowest BCUT2D eigenvalue weighted by atomic mass is 9.96. The summed E-state index contributed by atoms with van der Waals surface area (Å²) in [5.74, 6) is 0.644. The van der Waals surface area contributed by atoms with Gasteiger partial charge in [-0.25, -0.2) is 9.97 Å². The molecule has 0 radical (unpaired) electrons. The fourth-order valence-corrected chi connectivity index (χ4v) is 12.4. The SMILES string of the molecule is C=Cc1c(/C=C\C)sc2c3ccccc3c3c(c4cc(-c5ccc6sc7ccc8ccccc8c7c6c5)ccc4n3-c3nc(-c4cccc5ccccc45)c4ccccc4n3)c12. The van der Waals surface area contributed by atoms with Gasteiger partial charge in [-0.2, -0.15) is 0 Å². The number of hydrogen-bond donors (Lipinski definition) is 0. The van der Waals surface area contributed by atoms with E-state index in [1.807, 2.05) is 28.7 Å². The van der Waals surface area contributed by atoms with E-state index in [0.717, 1.165) is 54.9 Å². The standard InChI is InChI=1S/C57H35N3S2/c1-3-14-48-37(4-2)53-52-44-31-35(36-27-29-49-45(32-36)51-39-19-8-6-16-34(39)26-30-50(51)61-49)25-28-47(44)60(55(52)41-20-9-10-21-42(41)56(53)62-48)57-58-46-24-12-11-22-43(46)54(59-57)40-23-13-17-33-15-5-7-18-38(33)40/h3-32H,2H2,1H3/b14-3-. The van der Waals surface area contributed by atoms with Gasteiger partial charge in [0.15, 0.2) is 0 Å². The van der Waals surface area contributed by atoms with Crippen molar-refractivity contribution in [1.29, 1.82) is 0 Å². The van der Waals surface area contributed by atoms with E-state index in [1.165, 1.54) is 73.2 Å². The second kappa shape index (κ2) is 13.5. The van der Waals surface area contributed by atoms with Crippen LogP contribution in [0.3, 0.4) is 0 Å². The highest BCUT2D eigenvalue weighted by Gasteiger charge is 2.25. The van der Waals surface area contributed by atoms with E-state index >= 15 is 0 Å². The number of aromatic nitrogens is 3. The summed E-state index contributed by atoms with van der Waals surface area (Å²) < 4.78 is 6.20. The van der Waals surface area contributed by atoms with Gasteiger partial charge in [-0.05, 0) is 82.1 Å². The van der Waals surface area contributed by atoms with Gasteiger partial charge in [0.25, 0.3) is 0 Å². The Hall–Kier alpha value is -7.44. The Morgan fingerprint density at radius 1 is 0.532 bits per heavy atom. The van der Waals surface area contributed by atoms with Crippen molar-refractivity contribution in [1.82, 2.24) is 14.5 Å². The molecule has 0 spiro atoms. The quantitative estimate of drug-likeness (QED) is 0.173. The molecular weight excluding hydrogens is 791 g/mol. The first-order valence-corrected chi connectivity index (χ1v) is 22.6. The van der Waals surface area contributed by atoms with Crippen molar-refractivity contribution in [2.75, 3.05) is 0 Å². The number of fused-ring (bicyclic) bond motifs is 15. The van der Waals surface area contributed by atoms with Gasteiger partial charge < -0.3 is 0 Å². The van der Waals surface area contributed by atoms with E-state index in [1.54, 1.807) is 0 Å². The van der Waals surface area contributed by atoms with Crippen LogP contribution >= 0.6 is 22.7 Å². The third-order valence-corrected chi connectivity index (χ3v) is 15.0. The molecule has 0 aliphatic heterocycles. The lowest BCUT2D eigenvalue weighted by Crippen LogP contribution is -2.04. The summed E-state index contributed by atoms with van der Waals surface area (Å²) in [5.41, 5.74) is 8.57. The predicted molar refractivity (Wildman–Crippen MR) is 270 cm³/mol. The number of thiophene rings is 2. The minimum absolute atomic E-state index is 0.644. The van der Waals surface area contributed by atoms with Crippen molar-refractivity contribution in [2.45, 2.75) is 6.92 Å². The van der Waals surface area contributed by atoms with Crippen LogP contribution in [0.25, 0.3) is 136 Å². The zero-order chi connectivity index (χ0) is 41.1. The van der Waals surface area contributed by atoms with Crippen LogP contribution in [0.4, 0.5) is 0 Å². The summed E-state index contributed by atoms with van der Waals surface area (Å²) in [5, 5.41) is 14.5. The Morgan fingerprint density at radius 2 is 1.21 bits per heavy atom. The third kappa shape index (κ3) is 5.04. The van der Waals surface area contributed by atoms with E-state index in [2.05, 4.69) is 194 Å². The fraction of sp³-hybridized carbons (Fsp3) is 0.0175. The molecule has 0 saturated carbocycles. The molecule has 0 N–H and O–H groups in total. The van der Waals surface area contributed by atoms with E-state index in [9.17, 15) is 0 Å². The number of rotatable bonds is 5. The number of nitrogens with zero attached hydrogens (tertiary/aromatic N) is 3. The summed E-state index contributed by atoms with van der Waals surface area (Å²) >= 11 is 3.71. The first-order chi connectivity index (χ1) is 30.7. The monoisotopic (exact) mass is 825 g/mol. The molecule has 5 heteroatoms. The maximum absolute atomic E-state index is 5.62. The van der Waals surface area contributed by atoms with Gasteiger partial charge in [0.1, 0.15) is 0 Å². The molecule has 9 aromatic carbocycles.